The first kappa shape index (κ1) is 17.5. The van der Waals surface area contributed by atoms with E-state index >= 15 is 0 Å². The molecule has 0 saturated carbocycles. The van der Waals surface area contributed by atoms with E-state index in [1.165, 1.54) is 24.3 Å². The van der Waals surface area contributed by atoms with Gasteiger partial charge in [-0.15, -0.1) is 0 Å². The molecule has 0 spiro atoms. The Hall–Kier alpha value is -2.29. The van der Waals surface area contributed by atoms with Gasteiger partial charge in [-0.25, -0.2) is 8.78 Å². The first-order valence-corrected chi connectivity index (χ1v) is 11.5. The monoisotopic (exact) mass is 355 g/mol. The average molecular weight is 355 g/mol. The third kappa shape index (κ3) is 3.28. The van der Waals surface area contributed by atoms with Crippen molar-refractivity contribution in [2.45, 2.75) is 31.2 Å². The highest BCUT2D eigenvalue weighted by Gasteiger charge is 2.47. The summed E-state index contributed by atoms with van der Waals surface area (Å²) in [6.07, 6.45) is 3.65. The fourth-order valence-corrected chi connectivity index (χ4v) is 4.53. The van der Waals surface area contributed by atoms with E-state index in [1.54, 1.807) is 24.3 Å². The van der Waals surface area contributed by atoms with Crippen LogP contribution in [0.1, 0.15) is 22.6 Å². The molecular weight excluding hydrogens is 336 g/mol. The van der Waals surface area contributed by atoms with Gasteiger partial charge in [0.2, 0.25) is 0 Å². The summed E-state index contributed by atoms with van der Waals surface area (Å²) in [6, 6.07) is 12.8. The van der Waals surface area contributed by atoms with Crippen molar-refractivity contribution in [3.05, 3.63) is 76.9 Å². The molecule has 0 heterocycles. The molecule has 0 aliphatic heterocycles. The maximum Gasteiger partial charge on any atom is 0.186 e. The summed E-state index contributed by atoms with van der Waals surface area (Å²) in [4.78, 5) is 0. The molecule has 0 aromatic heterocycles. The van der Waals surface area contributed by atoms with Gasteiger partial charge in [-0.2, -0.15) is 5.26 Å². The van der Waals surface area contributed by atoms with E-state index in [2.05, 4.69) is 6.07 Å². The third-order valence-electron chi connectivity index (χ3n) is 4.18. The molecule has 2 atom stereocenters. The molecule has 0 saturated heterocycles. The summed E-state index contributed by atoms with van der Waals surface area (Å²) in [5, 5.41) is 10.2. The van der Waals surface area contributed by atoms with Crippen LogP contribution in [0.15, 0.2) is 48.5 Å². The quantitative estimate of drug-likeness (QED) is 0.696. The molecule has 0 radical (unpaired) electrons. The first-order chi connectivity index (χ1) is 11.7. The normalized spacial score (nSPS) is 22.3. The molecule has 5 heteroatoms. The minimum Gasteiger partial charge on any atom is -0.396 e. The van der Waals surface area contributed by atoms with Crippen LogP contribution in [0.5, 0.6) is 0 Å². The van der Waals surface area contributed by atoms with Crippen LogP contribution in [0, 0.1) is 23.0 Å². The summed E-state index contributed by atoms with van der Waals surface area (Å²) in [7, 11) is -2.13. The SMILES string of the molecule is C[Si](C)(C)OC1(C#N)c2ccc(F)cc2C=CC1c1ccc(F)cc1. The standard InChI is InChI=1S/C20H19F2NOSi/c1-25(2,3)24-20(13-23)18(14-4-7-16(21)8-5-14)10-6-15-12-17(22)9-11-19(15)20/h4-12,18H,1-3H3. The van der Waals surface area contributed by atoms with Crippen LogP contribution in [-0.2, 0) is 10.0 Å². The number of nitriles is 1. The second-order valence-electron chi connectivity index (χ2n) is 7.18. The van der Waals surface area contributed by atoms with Gasteiger partial charge in [0.1, 0.15) is 17.7 Å². The number of halogens is 2. The third-order valence-corrected chi connectivity index (χ3v) is 5.12. The van der Waals surface area contributed by atoms with Crippen LogP contribution in [0.25, 0.3) is 6.08 Å². The largest absolute Gasteiger partial charge is 0.396 e. The summed E-state index contributed by atoms with van der Waals surface area (Å²) >= 11 is 0. The van der Waals surface area contributed by atoms with Gasteiger partial charge in [-0.05, 0) is 55.0 Å². The van der Waals surface area contributed by atoms with E-state index in [-0.39, 0.29) is 11.6 Å². The molecule has 1 aliphatic carbocycles. The number of nitrogens with zero attached hydrogens (tertiary/aromatic N) is 1. The zero-order valence-corrected chi connectivity index (χ0v) is 15.4. The minimum absolute atomic E-state index is 0.334. The van der Waals surface area contributed by atoms with E-state index in [0.29, 0.717) is 11.1 Å². The van der Waals surface area contributed by atoms with Crippen LogP contribution in [-0.4, -0.2) is 8.32 Å². The highest BCUT2D eigenvalue weighted by Crippen LogP contribution is 2.47. The van der Waals surface area contributed by atoms with Crippen molar-refractivity contribution in [1.82, 2.24) is 0 Å². The Morgan fingerprint density at radius 3 is 2.28 bits per heavy atom. The zero-order valence-electron chi connectivity index (χ0n) is 14.4. The van der Waals surface area contributed by atoms with E-state index in [9.17, 15) is 14.0 Å². The molecule has 25 heavy (non-hydrogen) atoms. The Bertz CT molecular complexity index is 865. The highest BCUT2D eigenvalue weighted by molar-refractivity contribution is 6.69. The lowest BCUT2D eigenvalue weighted by molar-refractivity contribution is 0.101. The molecule has 128 valence electrons. The average Bonchev–Trinajstić information content (AvgIpc) is 2.54. The predicted molar refractivity (Wildman–Crippen MR) is 96.3 cm³/mol. The van der Waals surface area contributed by atoms with Crippen LogP contribution < -0.4 is 0 Å². The van der Waals surface area contributed by atoms with Crippen molar-refractivity contribution in [2.24, 2.45) is 0 Å². The van der Waals surface area contributed by atoms with Crippen LogP contribution in [0.4, 0.5) is 8.78 Å². The first-order valence-electron chi connectivity index (χ1n) is 8.10. The van der Waals surface area contributed by atoms with Crippen molar-refractivity contribution >= 4 is 14.4 Å². The van der Waals surface area contributed by atoms with Crippen molar-refractivity contribution in [2.75, 3.05) is 0 Å². The number of hydrogen-bond acceptors (Lipinski definition) is 2. The molecule has 1 aliphatic rings. The molecule has 2 aromatic rings. The van der Waals surface area contributed by atoms with Gasteiger partial charge in [-0.3, -0.25) is 0 Å². The number of hydrogen-bond donors (Lipinski definition) is 0. The topological polar surface area (TPSA) is 33.0 Å². The molecule has 0 N–H and O–H groups in total. The highest BCUT2D eigenvalue weighted by atomic mass is 28.4. The van der Waals surface area contributed by atoms with Gasteiger partial charge in [0, 0.05) is 11.5 Å². The van der Waals surface area contributed by atoms with Crippen LogP contribution in [0.3, 0.4) is 0 Å². The molecular formula is C20H19F2NOSi. The Morgan fingerprint density at radius 1 is 1.04 bits per heavy atom. The Morgan fingerprint density at radius 2 is 1.68 bits per heavy atom. The predicted octanol–water partition coefficient (Wildman–Crippen LogP) is 5.35. The Labute approximate surface area is 147 Å². The van der Waals surface area contributed by atoms with Crippen LogP contribution >= 0.6 is 0 Å². The molecule has 0 amide bonds. The maximum atomic E-state index is 13.7. The van der Waals surface area contributed by atoms with E-state index < -0.39 is 19.8 Å². The second-order valence-corrected chi connectivity index (χ2v) is 11.6. The number of fused-ring (bicyclic) bond motifs is 1. The van der Waals surface area contributed by atoms with E-state index in [1.807, 2.05) is 25.7 Å². The zero-order chi connectivity index (χ0) is 18.2. The molecule has 2 unspecified atom stereocenters. The molecule has 3 rings (SSSR count). The van der Waals surface area contributed by atoms with Gasteiger partial charge in [0.05, 0.1) is 0 Å². The summed E-state index contributed by atoms with van der Waals surface area (Å²) in [5.74, 6) is -1.09. The fourth-order valence-electron chi connectivity index (χ4n) is 3.28. The van der Waals surface area contributed by atoms with E-state index in [0.717, 1.165) is 5.56 Å². The van der Waals surface area contributed by atoms with Gasteiger partial charge in [-0.1, -0.05) is 30.4 Å². The van der Waals surface area contributed by atoms with Gasteiger partial charge in [0.15, 0.2) is 13.9 Å². The lowest BCUT2D eigenvalue weighted by atomic mass is 9.73. The van der Waals surface area contributed by atoms with E-state index in [4.69, 9.17) is 4.43 Å². The summed E-state index contributed by atoms with van der Waals surface area (Å²) in [6.45, 7) is 6.03. The smallest absolute Gasteiger partial charge is 0.186 e. The van der Waals surface area contributed by atoms with Crippen molar-refractivity contribution in [3.63, 3.8) is 0 Å². The molecule has 0 bridgehead atoms. The van der Waals surface area contributed by atoms with Crippen LogP contribution in [0.2, 0.25) is 19.6 Å². The Balaban J connectivity index is 2.22. The molecule has 2 nitrogen and oxygen atoms in total. The maximum absolute atomic E-state index is 13.7. The fraction of sp³-hybridized carbons (Fsp3) is 0.250. The lowest BCUT2D eigenvalue weighted by Crippen LogP contribution is -2.45. The molecule has 2 aromatic carbocycles. The second kappa shape index (κ2) is 6.21. The van der Waals surface area contributed by atoms with Crippen molar-refractivity contribution in [1.29, 1.82) is 5.26 Å². The van der Waals surface area contributed by atoms with Gasteiger partial charge < -0.3 is 4.43 Å². The number of benzene rings is 2. The van der Waals surface area contributed by atoms with Crippen molar-refractivity contribution < 1.29 is 13.2 Å². The Kier molecular flexibility index (Phi) is 4.36. The lowest BCUT2D eigenvalue weighted by Gasteiger charge is -2.41. The summed E-state index contributed by atoms with van der Waals surface area (Å²) in [5.41, 5.74) is 0.807. The van der Waals surface area contributed by atoms with Gasteiger partial charge >= 0.3 is 0 Å². The minimum atomic E-state index is -2.13. The number of rotatable bonds is 3. The van der Waals surface area contributed by atoms with Crippen molar-refractivity contribution in [3.8, 4) is 6.07 Å². The summed E-state index contributed by atoms with van der Waals surface area (Å²) < 4.78 is 33.4. The van der Waals surface area contributed by atoms with Gasteiger partial charge in [0.25, 0.3) is 0 Å². The molecule has 0 fully saturated rings.